The van der Waals surface area contributed by atoms with Crippen LogP contribution in [-0.4, -0.2) is 75.0 Å². The highest BCUT2D eigenvalue weighted by molar-refractivity contribution is 5.45. The number of nitrogens with one attached hydrogen (secondary N) is 2. The van der Waals surface area contributed by atoms with E-state index in [4.69, 9.17) is 9.84 Å². The van der Waals surface area contributed by atoms with Crippen LogP contribution in [0.15, 0.2) is 0 Å². The van der Waals surface area contributed by atoms with Crippen LogP contribution >= 0.6 is 0 Å². The lowest BCUT2D eigenvalue weighted by molar-refractivity contribution is -0.109. The fourth-order valence-electron chi connectivity index (χ4n) is 1.83. The molecule has 1 amide bonds. The van der Waals surface area contributed by atoms with Gasteiger partial charge in [0.25, 0.3) is 0 Å². The van der Waals surface area contributed by atoms with E-state index in [9.17, 15) is 4.79 Å². The number of amides is 1. The van der Waals surface area contributed by atoms with Crippen molar-refractivity contribution < 1.29 is 14.6 Å². The number of aliphatic hydroxyl groups excluding tert-OH is 1. The summed E-state index contributed by atoms with van der Waals surface area (Å²) in [4.78, 5) is 12.5. The summed E-state index contributed by atoms with van der Waals surface area (Å²) in [5.74, 6) is 0. The third-order valence-corrected chi connectivity index (χ3v) is 2.67. The molecule has 1 atom stereocenters. The summed E-state index contributed by atoms with van der Waals surface area (Å²) in [7, 11) is 0. The molecule has 16 heavy (non-hydrogen) atoms. The summed E-state index contributed by atoms with van der Waals surface area (Å²) in [6, 6.07) is 0.330. The van der Waals surface area contributed by atoms with Crippen molar-refractivity contribution in [2.45, 2.75) is 6.04 Å². The molecule has 6 nitrogen and oxygen atoms in total. The molecule has 0 radical (unpaired) electrons. The largest absolute Gasteiger partial charge is 0.394 e. The quantitative estimate of drug-likeness (QED) is 0.333. The maximum Gasteiger partial charge on any atom is 0.207 e. The van der Waals surface area contributed by atoms with Crippen LogP contribution < -0.4 is 10.6 Å². The van der Waals surface area contributed by atoms with Crippen molar-refractivity contribution in [3.05, 3.63) is 0 Å². The predicted molar refractivity (Wildman–Crippen MR) is 60.2 cm³/mol. The maximum absolute atomic E-state index is 10.3. The molecule has 0 spiro atoms. The van der Waals surface area contributed by atoms with Crippen molar-refractivity contribution in [1.29, 1.82) is 0 Å². The second kappa shape index (κ2) is 8.46. The van der Waals surface area contributed by atoms with Gasteiger partial charge in [-0.1, -0.05) is 0 Å². The molecule has 94 valence electrons. The first kappa shape index (κ1) is 13.4. The molecular weight excluding hydrogens is 210 g/mol. The molecule has 0 aromatic carbocycles. The predicted octanol–water partition coefficient (Wildman–Crippen LogP) is -1.98. The van der Waals surface area contributed by atoms with Gasteiger partial charge < -0.3 is 20.5 Å². The number of hydrogen-bond donors (Lipinski definition) is 3. The monoisotopic (exact) mass is 231 g/mol. The number of carbonyl (C=O) groups excluding carboxylic acids is 1. The van der Waals surface area contributed by atoms with Crippen molar-refractivity contribution in [1.82, 2.24) is 15.5 Å². The van der Waals surface area contributed by atoms with Gasteiger partial charge in [0, 0.05) is 38.8 Å². The molecule has 1 aliphatic heterocycles. The van der Waals surface area contributed by atoms with Gasteiger partial charge in [-0.15, -0.1) is 0 Å². The Morgan fingerprint density at radius 2 is 2.44 bits per heavy atom. The Labute approximate surface area is 95.9 Å². The summed E-state index contributed by atoms with van der Waals surface area (Å²) in [5.41, 5.74) is 0. The van der Waals surface area contributed by atoms with E-state index in [1.807, 2.05) is 0 Å². The van der Waals surface area contributed by atoms with E-state index < -0.39 is 0 Å². The van der Waals surface area contributed by atoms with E-state index in [0.717, 1.165) is 32.6 Å². The van der Waals surface area contributed by atoms with Crippen LogP contribution in [0.3, 0.4) is 0 Å². The van der Waals surface area contributed by atoms with E-state index in [2.05, 4.69) is 15.5 Å². The normalized spacial score (nSPS) is 21.9. The van der Waals surface area contributed by atoms with Gasteiger partial charge in [-0.3, -0.25) is 9.69 Å². The van der Waals surface area contributed by atoms with Crippen LogP contribution in [-0.2, 0) is 9.53 Å². The Balaban J connectivity index is 2.20. The van der Waals surface area contributed by atoms with Crippen molar-refractivity contribution >= 4 is 6.41 Å². The molecule has 1 rings (SSSR count). The third-order valence-electron chi connectivity index (χ3n) is 2.67. The lowest BCUT2D eigenvalue weighted by Crippen LogP contribution is -2.55. The fourth-order valence-corrected chi connectivity index (χ4v) is 1.83. The summed E-state index contributed by atoms with van der Waals surface area (Å²) >= 11 is 0. The van der Waals surface area contributed by atoms with Gasteiger partial charge in [0.05, 0.1) is 19.8 Å². The van der Waals surface area contributed by atoms with Gasteiger partial charge in [-0.05, 0) is 0 Å². The van der Waals surface area contributed by atoms with Gasteiger partial charge in [-0.25, -0.2) is 0 Å². The minimum absolute atomic E-state index is 0.0671. The van der Waals surface area contributed by atoms with Crippen molar-refractivity contribution in [3.8, 4) is 0 Å². The van der Waals surface area contributed by atoms with Gasteiger partial charge in [0.2, 0.25) is 6.41 Å². The molecule has 0 aromatic rings. The van der Waals surface area contributed by atoms with Crippen LogP contribution in [0.25, 0.3) is 0 Å². The molecule has 3 N–H and O–H groups in total. The molecule has 1 fully saturated rings. The molecule has 0 aromatic heterocycles. The van der Waals surface area contributed by atoms with Crippen LogP contribution in [0.1, 0.15) is 0 Å². The van der Waals surface area contributed by atoms with E-state index in [1.54, 1.807) is 0 Å². The van der Waals surface area contributed by atoms with E-state index in [0.29, 0.717) is 25.8 Å². The molecule has 6 heteroatoms. The zero-order valence-electron chi connectivity index (χ0n) is 9.52. The number of ether oxygens (including phenoxy) is 1. The number of rotatable bonds is 8. The molecule has 0 saturated carbocycles. The van der Waals surface area contributed by atoms with Crippen LogP contribution in [0.5, 0.6) is 0 Å². The molecular formula is C10H21N3O3. The zero-order chi connectivity index (χ0) is 11.6. The minimum Gasteiger partial charge on any atom is -0.394 e. The van der Waals surface area contributed by atoms with Crippen molar-refractivity contribution in [2.75, 3.05) is 52.5 Å². The Kier molecular flexibility index (Phi) is 7.07. The fraction of sp³-hybridized carbons (Fsp3) is 0.900. The molecule has 1 aliphatic rings. The second-order valence-corrected chi connectivity index (χ2v) is 3.76. The van der Waals surface area contributed by atoms with Crippen LogP contribution in [0.4, 0.5) is 0 Å². The lowest BCUT2D eigenvalue weighted by Gasteiger charge is -2.35. The van der Waals surface area contributed by atoms with Gasteiger partial charge >= 0.3 is 0 Å². The molecule has 0 bridgehead atoms. The Morgan fingerprint density at radius 1 is 1.56 bits per heavy atom. The smallest absolute Gasteiger partial charge is 0.207 e. The van der Waals surface area contributed by atoms with Gasteiger partial charge in [-0.2, -0.15) is 0 Å². The summed E-state index contributed by atoms with van der Waals surface area (Å²) in [6.45, 7) is 5.41. The number of carbonyl (C=O) groups is 1. The average Bonchev–Trinajstić information content (AvgIpc) is 2.33. The first-order valence-corrected chi connectivity index (χ1v) is 5.69. The number of nitrogens with zero attached hydrogens (tertiary/aromatic N) is 1. The van der Waals surface area contributed by atoms with Gasteiger partial charge in [0.1, 0.15) is 0 Å². The van der Waals surface area contributed by atoms with Crippen LogP contribution in [0.2, 0.25) is 0 Å². The summed E-state index contributed by atoms with van der Waals surface area (Å²) < 4.78 is 5.24. The molecule has 1 saturated heterocycles. The van der Waals surface area contributed by atoms with Crippen molar-refractivity contribution in [3.63, 3.8) is 0 Å². The maximum atomic E-state index is 10.3. The summed E-state index contributed by atoms with van der Waals surface area (Å²) in [5, 5.41) is 14.6. The van der Waals surface area contributed by atoms with Crippen LogP contribution in [0, 0.1) is 0 Å². The Bertz CT molecular complexity index is 192. The Morgan fingerprint density at radius 3 is 3.19 bits per heavy atom. The third kappa shape index (κ3) is 4.89. The first-order chi connectivity index (χ1) is 7.88. The van der Waals surface area contributed by atoms with Gasteiger partial charge in [0.15, 0.2) is 0 Å². The highest BCUT2D eigenvalue weighted by Gasteiger charge is 2.20. The highest BCUT2D eigenvalue weighted by atomic mass is 16.5. The topological polar surface area (TPSA) is 73.8 Å². The molecule has 0 aliphatic carbocycles. The number of aliphatic hydroxyl groups is 1. The van der Waals surface area contributed by atoms with E-state index >= 15 is 0 Å². The first-order valence-electron chi connectivity index (χ1n) is 5.69. The standard InChI is InChI=1S/C10H21N3O3/c14-4-6-16-5-3-13-2-1-11-7-10(13)8-12-9-15/h9-11,14H,1-8H2,(H,12,15). The SMILES string of the molecule is O=CNCC1CNCCN1CCOCCO. The number of hydrogen-bond acceptors (Lipinski definition) is 5. The zero-order valence-corrected chi connectivity index (χ0v) is 9.52. The van der Waals surface area contributed by atoms with E-state index in [-0.39, 0.29) is 6.61 Å². The Hall–Kier alpha value is -0.690. The highest BCUT2D eigenvalue weighted by Crippen LogP contribution is 2.01. The molecule has 1 heterocycles. The van der Waals surface area contributed by atoms with Crippen molar-refractivity contribution in [2.24, 2.45) is 0 Å². The number of piperazine rings is 1. The molecule has 1 unspecified atom stereocenters. The van der Waals surface area contributed by atoms with E-state index in [1.165, 1.54) is 0 Å². The summed E-state index contributed by atoms with van der Waals surface area (Å²) in [6.07, 6.45) is 0.731. The average molecular weight is 231 g/mol. The lowest BCUT2D eigenvalue weighted by atomic mass is 10.2. The minimum atomic E-state index is 0.0671. The second-order valence-electron chi connectivity index (χ2n) is 3.76.